The van der Waals surface area contributed by atoms with Gasteiger partial charge in [0, 0.05) is 4.88 Å². The zero-order valence-electron chi connectivity index (χ0n) is 12.1. The van der Waals surface area contributed by atoms with Crippen LogP contribution in [-0.4, -0.2) is 11.5 Å². The molecule has 0 saturated heterocycles. The molecule has 6 heteroatoms. The van der Waals surface area contributed by atoms with Gasteiger partial charge in [0.15, 0.2) is 17.5 Å². The lowest BCUT2D eigenvalue weighted by Gasteiger charge is -2.16. The molecular formula is C15H17F3N2S. The molecule has 21 heavy (non-hydrogen) atoms. The van der Waals surface area contributed by atoms with Gasteiger partial charge in [-0.2, -0.15) is 0 Å². The number of benzene rings is 1. The van der Waals surface area contributed by atoms with Crippen molar-refractivity contribution in [3.05, 3.63) is 50.7 Å². The van der Waals surface area contributed by atoms with Crippen molar-refractivity contribution in [2.75, 3.05) is 6.54 Å². The Labute approximate surface area is 126 Å². The molecule has 0 aliphatic carbocycles. The highest BCUT2D eigenvalue weighted by atomic mass is 32.1. The van der Waals surface area contributed by atoms with E-state index >= 15 is 0 Å². The number of aryl methyl sites for hydroxylation is 2. The van der Waals surface area contributed by atoms with Crippen LogP contribution in [0.3, 0.4) is 0 Å². The highest BCUT2D eigenvalue weighted by Crippen LogP contribution is 2.30. The standard InChI is InChI=1S/C15H17F3N2S/c1-4-12-8(3)21-15(20-12)14(19-5-2)9-6-10(16)13(18)11(17)7-9/h6-7,14,19H,4-5H2,1-3H3. The van der Waals surface area contributed by atoms with Crippen LogP contribution in [-0.2, 0) is 6.42 Å². The number of nitrogens with one attached hydrogen (secondary N) is 1. The lowest BCUT2D eigenvalue weighted by Crippen LogP contribution is -2.22. The molecule has 1 N–H and O–H groups in total. The Balaban J connectivity index is 2.47. The van der Waals surface area contributed by atoms with Crippen LogP contribution >= 0.6 is 11.3 Å². The molecule has 114 valence electrons. The molecule has 0 aliphatic heterocycles. The fourth-order valence-electron chi connectivity index (χ4n) is 2.20. The first-order chi connectivity index (χ1) is 9.97. The van der Waals surface area contributed by atoms with Gasteiger partial charge in [0.1, 0.15) is 5.01 Å². The highest BCUT2D eigenvalue weighted by molar-refractivity contribution is 7.11. The summed E-state index contributed by atoms with van der Waals surface area (Å²) in [4.78, 5) is 5.60. The van der Waals surface area contributed by atoms with E-state index in [-0.39, 0.29) is 0 Å². The Morgan fingerprint density at radius 3 is 2.29 bits per heavy atom. The van der Waals surface area contributed by atoms with E-state index in [1.54, 1.807) is 0 Å². The van der Waals surface area contributed by atoms with E-state index in [4.69, 9.17) is 0 Å². The molecule has 0 radical (unpaired) electrons. The van der Waals surface area contributed by atoms with Crippen molar-refractivity contribution in [1.82, 2.24) is 10.3 Å². The smallest absolute Gasteiger partial charge is 0.194 e. The van der Waals surface area contributed by atoms with Gasteiger partial charge >= 0.3 is 0 Å². The number of thiazole rings is 1. The fraction of sp³-hybridized carbons (Fsp3) is 0.400. The van der Waals surface area contributed by atoms with Gasteiger partial charge in [0.2, 0.25) is 0 Å². The van der Waals surface area contributed by atoms with Crippen molar-refractivity contribution in [3.63, 3.8) is 0 Å². The lowest BCUT2D eigenvalue weighted by atomic mass is 10.1. The molecule has 1 aromatic heterocycles. The summed E-state index contributed by atoms with van der Waals surface area (Å²) in [5, 5.41) is 3.88. The molecule has 0 saturated carbocycles. The van der Waals surface area contributed by atoms with Gasteiger partial charge in [0.05, 0.1) is 11.7 Å². The van der Waals surface area contributed by atoms with Crippen LogP contribution in [0.5, 0.6) is 0 Å². The van der Waals surface area contributed by atoms with Crippen LogP contribution in [0, 0.1) is 24.4 Å². The van der Waals surface area contributed by atoms with Gasteiger partial charge in [-0.1, -0.05) is 13.8 Å². The third-order valence-electron chi connectivity index (χ3n) is 3.24. The van der Waals surface area contributed by atoms with Gasteiger partial charge < -0.3 is 5.32 Å². The van der Waals surface area contributed by atoms with Gasteiger partial charge in [-0.15, -0.1) is 11.3 Å². The summed E-state index contributed by atoms with van der Waals surface area (Å²) in [6, 6.07) is 1.60. The minimum absolute atomic E-state index is 0.338. The summed E-state index contributed by atoms with van der Waals surface area (Å²) in [6.45, 7) is 6.47. The predicted molar refractivity (Wildman–Crippen MR) is 78.1 cm³/mol. The number of rotatable bonds is 5. The Kier molecular flexibility index (Phi) is 5.00. The predicted octanol–water partition coefficient (Wildman–Crippen LogP) is 4.13. The van der Waals surface area contributed by atoms with Crippen LogP contribution in [0.1, 0.15) is 41.0 Å². The minimum atomic E-state index is -1.45. The first-order valence-corrected chi connectivity index (χ1v) is 7.63. The second-order valence-corrected chi connectivity index (χ2v) is 5.93. The Hall–Kier alpha value is -1.40. The normalized spacial score (nSPS) is 12.7. The van der Waals surface area contributed by atoms with Crippen molar-refractivity contribution in [1.29, 1.82) is 0 Å². The largest absolute Gasteiger partial charge is 0.305 e. The number of nitrogens with zero attached hydrogens (tertiary/aromatic N) is 1. The third-order valence-corrected chi connectivity index (χ3v) is 4.32. The van der Waals surface area contributed by atoms with Crippen LogP contribution in [0.25, 0.3) is 0 Å². The van der Waals surface area contributed by atoms with Gasteiger partial charge in [0.25, 0.3) is 0 Å². The summed E-state index contributed by atoms with van der Waals surface area (Å²) in [7, 11) is 0. The first kappa shape index (κ1) is 16.0. The van der Waals surface area contributed by atoms with Crippen LogP contribution < -0.4 is 5.32 Å². The van der Waals surface area contributed by atoms with Gasteiger partial charge in [-0.05, 0) is 37.6 Å². The van der Waals surface area contributed by atoms with Gasteiger partial charge in [-0.25, -0.2) is 18.2 Å². The first-order valence-electron chi connectivity index (χ1n) is 6.81. The van der Waals surface area contributed by atoms with E-state index in [1.807, 2.05) is 20.8 Å². The summed E-state index contributed by atoms with van der Waals surface area (Å²) in [5.41, 5.74) is 1.31. The van der Waals surface area contributed by atoms with E-state index in [0.717, 1.165) is 34.1 Å². The SMILES string of the molecule is CCNC(c1cc(F)c(F)c(F)c1)c1nc(CC)c(C)s1. The summed E-state index contributed by atoms with van der Waals surface area (Å²) >= 11 is 1.49. The molecule has 0 fully saturated rings. The summed E-state index contributed by atoms with van der Waals surface area (Å²) in [5.74, 6) is -3.81. The average Bonchev–Trinajstić information content (AvgIpc) is 2.82. The topological polar surface area (TPSA) is 24.9 Å². The molecule has 2 aromatic rings. The molecule has 1 aromatic carbocycles. The number of aromatic nitrogens is 1. The fourth-order valence-corrected chi connectivity index (χ4v) is 3.31. The lowest BCUT2D eigenvalue weighted by molar-refractivity contribution is 0.442. The van der Waals surface area contributed by atoms with Crippen molar-refractivity contribution in [3.8, 4) is 0 Å². The average molecular weight is 314 g/mol. The monoisotopic (exact) mass is 314 g/mol. The second-order valence-electron chi connectivity index (χ2n) is 4.70. The van der Waals surface area contributed by atoms with Crippen LogP contribution in [0.15, 0.2) is 12.1 Å². The summed E-state index contributed by atoms with van der Waals surface area (Å²) < 4.78 is 40.0. The zero-order valence-corrected chi connectivity index (χ0v) is 13.0. The zero-order chi connectivity index (χ0) is 15.6. The van der Waals surface area contributed by atoms with Crippen molar-refractivity contribution in [2.45, 2.75) is 33.2 Å². The molecule has 2 nitrogen and oxygen atoms in total. The number of halogens is 3. The Morgan fingerprint density at radius 1 is 1.19 bits per heavy atom. The van der Waals surface area contributed by atoms with E-state index < -0.39 is 23.5 Å². The maximum atomic E-state index is 13.4. The number of hydrogen-bond acceptors (Lipinski definition) is 3. The molecule has 0 amide bonds. The van der Waals surface area contributed by atoms with E-state index in [2.05, 4.69) is 10.3 Å². The van der Waals surface area contributed by atoms with E-state index in [1.165, 1.54) is 11.3 Å². The number of hydrogen-bond donors (Lipinski definition) is 1. The minimum Gasteiger partial charge on any atom is -0.305 e. The van der Waals surface area contributed by atoms with Crippen molar-refractivity contribution < 1.29 is 13.2 Å². The molecule has 0 spiro atoms. The Morgan fingerprint density at radius 2 is 1.81 bits per heavy atom. The van der Waals surface area contributed by atoms with Crippen LogP contribution in [0.2, 0.25) is 0 Å². The van der Waals surface area contributed by atoms with Crippen molar-refractivity contribution >= 4 is 11.3 Å². The quantitative estimate of drug-likeness (QED) is 0.839. The highest BCUT2D eigenvalue weighted by Gasteiger charge is 2.21. The molecule has 2 rings (SSSR count). The molecule has 0 aliphatic rings. The molecule has 1 atom stereocenters. The van der Waals surface area contributed by atoms with E-state index in [9.17, 15) is 13.2 Å². The summed E-state index contributed by atoms with van der Waals surface area (Å²) in [6.07, 6.45) is 0.799. The molecular weight excluding hydrogens is 297 g/mol. The second kappa shape index (κ2) is 6.58. The molecule has 1 unspecified atom stereocenters. The molecule has 0 bridgehead atoms. The maximum absolute atomic E-state index is 13.4. The third kappa shape index (κ3) is 3.27. The van der Waals surface area contributed by atoms with E-state index in [0.29, 0.717) is 12.1 Å². The van der Waals surface area contributed by atoms with Crippen LogP contribution in [0.4, 0.5) is 13.2 Å². The van der Waals surface area contributed by atoms with Crippen molar-refractivity contribution in [2.24, 2.45) is 0 Å². The van der Waals surface area contributed by atoms with Gasteiger partial charge in [-0.3, -0.25) is 0 Å². The molecule has 1 heterocycles. The maximum Gasteiger partial charge on any atom is 0.194 e. The Bertz CT molecular complexity index is 617.